The van der Waals surface area contributed by atoms with E-state index in [1.807, 2.05) is 44.2 Å². The topological polar surface area (TPSA) is 33.2 Å². The van der Waals surface area contributed by atoms with Gasteiger partial charge < -0.3 is 4.90 Å². The fourth-order valence-electron chi connectivity index (χ4n) is 3.16. The maximum absolute atomic E-state index is 13.0. The molecule has 0 fully saturated rings. The zero-order valence-electron chi connectivity index (χ0n) is 15.1. The predicted molar refractivity (Wildman–Crippen MR) is 103 cm³/mol. The molecule has 3 heteroatoms. The van der Waals surface area contributed by atoms with Crippen molar-refractivity contribution < 1.29 is 4.79 Å². The molecule has 0 atom stereocenters. The smallest absolute Gasteiger partial charge is 0.258 e. The maximum Gasteiger partial charge on any atom is 0.258 e. The van der Waals surface area contributed by atoms with Crippen LogP contribution in [0.15, 0.2) is 60.9 Å². The van der Waals surface area contributed by atoms with Gasteiger partial charge in [-0.1, -0.05) is 41.5 Å². The number of rotatable bonds is 3. The number of benzene rings is 2. The van der Waals surface area contributed by atoms with E-state index in [1.54, 1.807) is 24.3 Å². The maximum atomic E-state index is 13.0. The molecule has 1 heterocycles. The molecular formula is C22H22N2O. The molecule has 0 unspecified atom stereocenters. The van der Waals surface area contributed by atoms with Crippen LogP contribution in [0, 0.1) is 20.8 Å². The van der Waals surface area contributed by atoms with Gasteiger partial charge >= 0.3 is 0 Å². The van der Waals surface area contributed by atoms with Crippen LogP contribution in [0.3, 0.4) is 0 Å². The highest BCUT2D eigenvalue weighted by Gasteiger charge is 2.18. The highest BCUT2D eigenvalue weighted by atomic mass is 16.2. The van der Waals surface area contributed by atoms with Crippen LogP contribution >= 0.6 is 0 Å². The summed E-state index contributed by atoms with van der Waals surface area (Å²) in [5.41, 5.74) is 6.96. The van der Waals surface area contributed by atoms with Crippen LogP contribution < -0.4 is 4.90 Å². The largest absolute Gasteiger partial charge is 0.309 e. The second kappa shape index (κ2) is 6.89. The Hall–Kier alpha value is -2.94. The third-order valence-electron chi connectivity index (χ3n) is 4.37. The van der Waals surface area contributed by atoms with E-state index in [0.717, 1.165) is 27.9 Å². The fraction of sp³-hybridized carbons (Fsp3) is 0.182. The fourth-order valence-corrected chi connectivity index (χ4v) is 3.16. The van der Waals surface area contributed by atoms with Crippen LogP contribution in [0.1, 0.15) is 27.0 Å². The van der Waals surface area contributed by atoms with Crippen molar-refractivity contribution in [3.8, 4) is 11.1 Å². The molecule has 2 aromatic carbocycles. The lowest BCUT2D eigenvalue weighted by molar-refractivity contribution is 0.0993. The number of amides is 1. The third-order valence-corrected chi connectivity index (χ3v) is 4.37. The molecule has 0 saturated heterocycles. The number of carbonyl (C=O) groups is 1. The summed E-state index contributed by atoms with van der Waals surface area (Å²) >= 11 is 0. The summed E-state index contributed by atoms with van der Waals surface area (Å²) in [4.78, 5) is 18.9. The average Bonchev–Trinajstić information content (AvgIpc) is 2.60. The van der Waals surface area contributed by atoms with E-state index >= 15 is 0 Å². The molecule has 0 radical (unpaired) electrons. The normalized spacial score (nSPS) is 10.6. The summed E-state index contributed by atoms with van der Waals surface area (Å²) in [6, 6.07) is 16.1. The molecule has 0 aliphatic rings. The minimum absolute atomic E-state index is 0.0327. The molecule has 3 aromatic rings. The van der Waals surface area contributed by atoms with Crippen LogP contribution in [0.5, 0.6) is 0 Å². The van der Waals surface area contributed by atoms with E-state index in [1.165, 1.54) is 5.56 Å². The Morgan fingerprint density at radius 2 is 1.60 bits per heavy atom. The number of anilines is 1. The summed E-state index contributed by atoms with van der Waals surface area (Å²) in [6.45, 7) is 6.09. The van der Waals surface area contributed by atoms with Crippen molar-refractivity contribution in [1.82, 2.24) is 4.98 Å². The summed E-state index contributed by atoms with van der Waals surface area (Å²) < 4.78 is 0. The van der Waals surface area contributed by atoms with Crippen molar-refractivity contribution >= 4 is 11.6 Å². The molecule has 1 aromatic heterocycles. The Morgan fingerprint density at radius 3 is 2.28 bits per heavy atom. The Balaban J connectivity index is 2.05. The SMILES string of the molecule is Cc1cc(C)cc(C(=O)N(C)c2cnccc2-c2ccccc2C)c1. The lowest BCUT2D eigenvalue weighted by Gasteiger charge is -2.21. The summed E-state index contributed by atoms with van der Waals surface area (Å²) in [5.74, 6) is -0.0327. The lowest BCUT2D eigenvalue weighted by atomic mass is 9.99. The highest BCUT2D eigenvalue weighted by Crippen LogP contribution is 2.32. The van der Waals surface area contributed by atoms with Crippen LogP contribution in [0.4, 0.5) is 5.69 Å². The zero-order chi connectivity index (χ0) is 18.0. The van der Waals surface area contributed by atoms with Crippen LogP contribution in [-0.2, 0) is 0 Å². The van der Waals surface area contributed by atoms with Gasteiger partial charge in [0.2, 0.25) is 0 Å². The van der Waals surface area contributed by atoms with Crippen LogP contribution in [0.2, 0.25) is 0 Å². The number of aryl methyl sites for hydroxylation is 3. The standard InChI is InChI=1S/C22H22N2O/c1-15-11-16(2)13-18(12-15)22(25)24(4)21-14-23-10-9-20(21)19-8-6-5-7-17(19)3/h5-14H,1-4H3. The number of hydrogen-bond donors (Lipinski definition) is 0. The van der Waals surface area contributed by atoms with Crippen molar-refractivity contribution in [2.75, 3.05) is 11.9 Å². The molecular weight excluding hydrogens is 308 g/mol. The molecule has 1 amide bonds. The van der Waals surface area contributed by atoms with Gasteiger partial charge in [0.25, 0.3) is 5.91 Å². The molecule has 3 rings (SSSR count). The second-order valence-corrected chi connectivity index (χ2v) is 6.45. The average molecular weight is 330 g/mol. The molecule has 0 bridgehead atoms. The van der Waals surface area contributed by atoms with Crippen molar-refractivity contribution in [2.45, 2.75) is 20.8 Å². The molecule has 0 aliphatic heterocycles. The Labute approximate surface area is 149 Å². The van der Waals surface area contributed by atoms with Crippen LogP contribution in [0.25, 0.3) is 11.1 Å². The lowest BCUT2D eigenvalue weighted by Crippen LogP contribution is -2.27. The van der Waals surface area contributed by atoms with E-state index in [0.29, 0.717) is 5.56 Å². The van der Waals surface area contributed by atoms with Crippen molar-refractivity contribution in [1.29, 1.82) is 0 Å². The third kappa shape index (κ3) is 3.45. The minimum Gasteiger partial charge on any atom is -0.309 e. The quantitative estimate of drug-likeness (QED) is 0.681. The predicted octanol–water partition coefficient (Wildman–Crippen LogP) is 4.95. The first-order valence-corrected chi connectivity index (χ1v) is 8.34. The van der Waals surface area contributed by atoms with E-state index in [2.05, 4.69) is 30.1 Å². The summed E-state index contributed by atoms with van der Waals surface area (Å²) in [7, 11) is 1.80. The minimum atomic E-state index is -0.0327. The molecule has 25 heavy (non-hydrogen) atoms. The van der Waals surface area contributed by atoms with Gasteiger partial charge in [0.05, 0.1) is 11.9 Å². The zero-order valence-corrected chi connectivity index (χ0v) is 15.1. The van der Waals surface area contributed by atoms with Crippen molar-refractivity contribution in [3.63, 3.8) is 0 Å². The molecule has 0 spiro atoms. The van der Waals surface area contributed by atoms with E-state index in [9.17, 15) is 4.79 Å². The van der Waals surface area contributed by atoms with Gasteiger partial charge in [-0.25, -0.2) is 0 Å². The Bertz CT molecular complexity index is 911. The first-order chi connectivity index (χ1) is 12.0. The first-order valence-electron chi connectivity index (χ1n) is 8.34. The number of aromatic nitrogens is 1. The van der Waals surface area contributed by atoms with Gasteiger partial charge in [-0.15, -0.1) is 0 Å². The van der Waals surface area contributed by atoms with E-state index in [-0.39, 0.29) is 5.91 Å². The number of pyridine rings is 1. The van der Waals surface area contributed by atoms with Gasteiger partial charge in [-0.05, 0) is 50.1 Å². The molecule has 0 aliphatic carbocycles. The Morgan fingerprint density at radius 1 is 0.920 bits per heavy atom. The van der Waals surface area contributed by atoms with Crippen LogP contribution in [-0.4, -0.2) is 17.9 Å². The number of hydrogen-bond acceptors (Lipinski definition) is 2. The molecule has 0 saturated carbocycles. The molecule has 126 valence electrons. The summed E-state index contributed by atoms with van der Waals surface area (Å²) in [6.07, 6.45) is 3.52. The second-order valence-electron chi connectivity index (χ2n) is 6.45. The van der Waals surface area contributed by atoms with E-state index < -0.39 is 0 Å². The monoisotopic (exact) mass is 330 g/mol. The molecule has 3 nitrogen and oxygen atoms in total. The summed E-state index contributed by atoms with van der Waals surface area (Å²) in [5, 5.41) is 0. The van der Waals surface area contributed by atoms with Gasteiger partial charge in [-0.3, -0.25) is 9.78 Å². The number of nitrogens with zero attached hydrogens (tertiary/aromatic N) is 2. The Kier molecular flexibility index (Phi) is 4.66. The van der Waals surface area contributed by atoms with E-state index in [4.69, 9.17) is 0 Å². The molecule has 0 N–H and O–H groups in total. The van der Waals surface area contributed by atoms with Gasteiger partial charge in [0, 0.05) is 24.4 Å². The van der Waals surface area contributed by atoms with Crippen molar-refractivity contribution in [2.24, 2.45) is 0 Å². The number of carbonyl (C=O) groups excluding carboxylic acids is 1. The highest BCUT2D eigenvalue weighted by molar-refractivity contribution is 6.07. The van der Waals surface area contributed by atoms with Gasteiger partial charge in [0.1, 0.15) is 0 Å². The van der Waals surface area contributed by atoms with Crippen molar-refractivity contribution in [3.05, 3.63) is 83.2 Å². The van der Waals surface area contributed by atoms with Gasteiger partial charge in [-0.2, -0.15) is 0 Å². The van der Waals surface area contributed by atoms with Gasteiger partial charge in [0.15, 0.2) is 0 Å². The first kappa shape index (κ1) is 16.9.